The molecule has 1 fully saturated rings. The van der Waals surface area contributed by atoms with Crippen LogP contribution in [0.1, 0.15) is 51.0 Å². The van der Waals surface area contributed by atoms with Crippen LogP contribution in [0.3, 0.4) is 0 Å². The van der Waals surface area contributed by atoms with Crippen molar-refractivity contribution in [3.05, 3.63) is 23.8 Å². The van der Waals surface area contributed by atoms with Gasteiger partial charge in [0.05, 0.1) is 20.8 Å². The third-order valence-electron chi connectivity index (χ3n) is 5.10. The van der Waals surface area contributed by atoms with Gasteiger partial charge >= 0.3 is 0 Å². The van der Waals surface area contributed by atoms with Crippen LogP contribution in [0.4, 0.5) is 0 Å². The van der Waals surface area contributed by atoms with Gasteiger partial charge in [-0.2, -0.15) is 0 Å². The molecule has 1 saturated heterocycles. The van der Waals surface area contributed by atoms with Crippen LogP contribution in [0.5, 0.6) is 11.5 Å². The molecule has 6 nitrogen and oxygen atoms in total. The first-order valence-corrected chi connectivity index (χ1v) is 10.7. The van der Waals surface area contributed by atoms with Crippen molar-refractivity contribution >= 4 is 5.96 Å². The number of benzene rings is 1. The van der Waals surface area contributed by atoms with E-state index in [1.807, 2.05) is 18.2 Å². The summed E-state index contributed by atoms with van der Waals surface area (Å²) in [6.07, 6.45) is 7.90. The van der Waals surface area contributed by atoms with E-state index in [1.165, 1.54) is 58.2 Å². The van der Waals surface area contributed by atoms with E-state index in [2.05, 4.69) is 22.5 Å². The molecule has 1 aromatic rings. The molecule has 2 rings (SSSR count). The number of hydrogen-bond acceptors (Lipinski definition) is 4. The van der Waals surface area contributed by atoms with E-state index in [4.69, 9.17) is 14.5 Å². The quantitative estimate of drug-likeness (QED) is 0.344. The second-order valence-electron chi connectivity index (χ2n) is 7.27. The van der Waals surface area contributed by atoms with E-state index in [0.29, 0.717) is 6.54 Å². The summed E-state index contributed by atoms with van der Waals surface area (Å²) < 4.78 is 10.7. The topological polar surface area (TPSA) is 58.1 Å². The number of rotatable bonds is 11. The summed E-state index contributed by atoms with van der Waals surface area (Å²) >= 11 is 0. The first-order valence-electron chi connectivity index (χ1n) is 10.7. The number of aliphatic imine (C=N–C) groups is 1. The Labute approximate surface area is 170 Å². The molecule has 0 spiro atoms. The van der Waals surface area contributed by atoms with Gasteiger partial charge in [0.1, 0.15) is 0 Å². The highest BCUT2D eigenvalue weighted by atomic mass is 16.5. The van der Waals surface area contributed by atoms with Crippen LogP contribution in [0.2, 0.25) is 0 Å². The van der Waals surface area contributed by atoms with Crippen LogP contribution >= 0.6 is 0 Å². The summed E-state index contributed by atoms with van der Waals surface area (Å²) in [6.45, 7) is 8.35. The fourth-order valence-electron chi connectivity index (χ4n) is 3.52. The van der Waals surface area contributed by atoms with Crippen molar-refractivity contribution < 1.29 is 9.47 Å². The first kappa shape index (κ1) is 22.3. The summed E-state index contributed by atoms with van der Waals surface area (Å²) in [4.78, 5) is 7.31. The van der Waals surface area contributed by atoms with Crippen molar-refractivity contribution in [2.75, 3.05) is 46.9 Å². The molecular formula is C22H38N4O2. The Morgan fingerprint density at radius 3 is 2.50 bits per heavy atom. The Balaban J connectivity index is 1.71. The summed E-state index contributed by atoms with van der Waals surface area (Å²) in [5.41, 5.74) is 1.09. The van der Waals surface area contributed by atoms with Crippen molar-refractivity contribution in [1.82, 2.24) is 15.5 Å². The minimum atomic E-state index is 0.602. The van der Waals surface area contributed by atoms with Gasteiger partial charge in [-0.25, -0.2) is 4.99 Å². The van der Waals surface area contributed by atoms with Gasteiger partial charge in [0.15, 0.2) is 17.5 Å². The molecule has 1 aliphatic rings. The minimum absolute atomic E-state index is 0.602. The van der Waals surface area contributed by atoms with Crippen molar-refractivity contribution in [3.8, 4) is 11.5 Å². The summed E-state index contributed by atoms with van der Waals surface area (Å²) in [6, 6.07) is 5.92. The van der Waals surface area contributed by atoms with Gasteiger partial charge < -0.3 is 25.0 Å². The fraction of sp³-hybridized carbons (Fsp3) is 0.682. The number of piperidine rings is 1. The van der Waals surface area contributed by atoms with Gasteiger partial charge in [-0.15, -0.1) is 0 Å². The Hall–Kier alpha value is -1.95. The van der Waals surface area contributed by atoms with E-state index in [-0.39, 0.29) is 0 Å². The molecule has 0 aliphatic carbocycles. The van der Waals surface area contributed by atoms with Gasteiger partial charge in [-0.05, 0) is 69.9 Å². The third kappa shape index (κ3) is 7.97. The van der Waals surface area contributed by atoms with Crippen LogP contribution in [-0.2, 0) is 6.54 Å². The van der Waals surface area contributed by atoms with Crippen LogP contribution in [0, 0.1) is 0 Å². The highest BCUT2D eigenvalue weighted by Crippen LogP contribution is 2.27. The molecule has 28 heavy (non-hydrogen) atoms. The molecule has 0 amide bonds. The van der Waals surface area contributed by atoms with Crippen molar-refractivity contribution in [1.29, 1.82) is 0 Å². The molecule has 1 heterocycles. The highest BCUT2D eigenvalue weighted by molar-refractivity contribution is 5.79. The molecule has 0 aromatic heterocycles. The predicted molar refractivity (Wildman–Crippen MR) is 117 cm³/mol. The number of guanidine groups is 1. The lowest BCUT2D eigenvalue weighted by molar-refractivity contribution is 0.224. The monoisotopic (exact) mass is 390 g/mol. The molecule has 0 unspecified atom stereocenters. The lowest BCUT2D eigenvalue weighted by Gasteiger charge is -2.26. The van der Waals surface area contributed by atoms with Crippen LogP contribution < -0.4 is 20.1 Å². The van der Waals surface area contributed by atoms with Crippen LogP contribution in [0.25, 0.3) is 0 Å². The first-order chi connectivity index (χ1) is 13.8. The smallest absolute Gasteiger partial charge is 0.191 e. The number of likely N-dealkylation sites (tertiary alicyclic amines) is 1. The number of nitrogens with zero attached hydrogens (tertiary/aromatic N) is 2. The maximum absolute atomic E-state index is 5.37. The molecule has 1 aromatic carbocycles. The molecular weight excluding hydrogens is 352 g/mol. The van der Waals surface area contributed by atoms with Gasteiger partial charge in [-0.3, -0.25) is 0 Å². The van der Waals surface area contributed by atoms with E-state index in [9.17, 15) is 0 Å². The SMILES string of the molecule is CCNC(=NCc1ccc(OC)c(OC)c1)NCCCCCN1CCCCC1. The van der Waals surface area contributed by atoms with Gasteiger partial charge in [0.25, 0.3) is 0 Å². The van der Waals surface area contributed by atoms with Crippen molar-refractivity contribution in [2.45, 2.75) is 52.0 Å². The third-order valence-corrected chi connectivity index (χ3v) is 5.10. The zero-order valence-electron chi connectivity index (χ0n) is 17.9. The predicted octanol–water partition coefficient (Wildman–Crippen LogP) is 3.42. The van der Waals surface area contributed by atoms with E-state index in [1.54, 1.807) is 14.2 Å². The summed E-state index contributed by atoms with van der Waals surface area (Å²) in [7, 11) is 3.30. The number of methoxy groups -OCH3 is 2. The molecule has 0 atom stereocenters. The van der Waals surface area contributed by atoms with Crippen LogP contribution in [-0.4, -0.2) is 57.8 Å². The number of unbranched alkanes of at least 4 members (excludes halogenated alkanes) is 2. The molecule has 158 valence electrons. The van der Waals surface area contributed by atoms with Crippen LogP contribution in [0.15, 0.2) is 23.2 Å². The molecule has 2 N–H and O–H groups in total. The Bertz CT molecular complexity index is 586. The number of ether oxygens (including phenoxy) is 2. The Morgan fingerprint density at radius 2 is 1.79 bits per heavy atom. The second kappa shape index (κ2) is 13.3. The molecule has 0 saturated carbocycles. The Morgan fingerprint density at radius 1 is 1.00 bits per heavy atom. The average Bonchev–Trinajstić information content (AvgIpc) is 2.74. The zero-order valence-corrected chi connectivity index (χ0v) is 17.9. The normalized spacial score (nSPS) is 15.3. The maximum atomic E-state index is 5.37. The molecule has 0 radical (unpaired) electrons. The molecule has 0 bridgehead atoms. The largest absolute Gasteiger partial charge is 0.493 e. The molecule has 6 heteroatoms. The zero-order chi connectivity index (χ0) is 20.0. The Kier molecular flexibility index (Phi) is 10.6. The lowest BCUT2D eigenvalue weighted by atomic mass is 10.1. The van der Waals surface area contributed by atoms with Gasteiger partial charge in [-0.1, -0.05) is 18.9 Å². The van der Waals surface area contributed by atoms with Crippen molar-refractivity contribution in [3.63, 3.8) is 0 Å². The average molecular weight is 391 g/mol. The summed E-state index contributed by atoms with van der Waals surface area (Å²) in [5.74, 6) is 2.35. The standard InChI is InChI=1S/C22H38N4O2/c1-4-23-22(24-13-7-5-8-14-26-15-9-6-10-16-26)25-18-19-11-12-20(27-2)21(17-19)28-3/h11-12,17H,4-10,13-16,18H2,1-3H3,(H2,23,24,25). The number of hydrogen-bond donors (Lipinski definition) is 2. The second-order valence-corrected chi connectivity index (χ2v) is 7.27. The van der Waals surface area contributed by atoms with E-state index >= 15 is 0 Å². The number of nitrogens with one attached hydrogen (secondary N) is 2. The van der Waals surface area contributed by atoms with Gasteiger partial charge in [0.2, 0.25) is 0 Å². The summed E-state index contributed by atoms with van der Waals surface area (Å²) in [5, 5.41) is 6.77. The van der Waals surface area contributed by atoms with Gasteiger partial charge in [0, 0.05) is 13.1 Å². The van der Waals surface area contributed by atoms with Crippen molar-refractivity contribution in [2.24, 2.45) is 4.99 Å². The minimum Gasteiger partial charge on any atom is -0.493 e. The van der Waals surface area contributed by atoms with E-state index < -0.39 is 0 Å². The molecule has 1 aliphatic heterocycles. The van der Waals surface area contributed by atoms with E-state index in [0.717, 1.165) is 36.1 Å². The maximum Gasteiger partial charge on any atom is 0.191 e. The lowest BCUT2D eigenvalue weighted by Crippen LogP contribution is -2.37. The highest BCUT2D eigenvalue weighted by Gasteiger charge is 2.09. The fourth-order valence-corrected chi connectivity index (χ4v) is 3.52.